The first kappa shape index (κ1) is 9.23. The van der Waals surface area contributed by atoms with Crippen molar-refractivity contribution in [2.75, 3.05) is 0 Å². The molecule has 0 saturated heterocycles. The summed E-state index contributed by atoms with van der Waals surface area (Å²) in [5.74, 6) is -1.35. The summed E-state index contributed by atoms with van der Waals surface area (Å²) in [6.45, 7) is 0. The maximum Gasteiger partial charge on any atom is 0.343 e. The Morgan fingerprint density at radius 3 is 2.38 bits per heavy atom. The van der Waals surface area contributed by atoms with Crippen LogP contribution in [0.4, 0.5) is 0 Å². The fourth-order valence-corrected chi connectivity index (χ4v) is 0.937. The van der Waals surface area contributed by atoms with E-state index in [1.54, 1.807) is 24.3 Å². The van der Waals surface area contributed by atoms with Crippen molar-refractivity contribution in [3.05, 3.63) is 35.9 Å². The molecule has 1 atom stereocenters. The average molecular weight is 176 g/mol. The van der Waals surface area contributed by atoms with Gasteiger partial charge in [-0.2, -0.15) is 5.26 Å². The number of aliphatic carboxylic acids is 1. The molecule has 0 fully saturated rings. The van der Waals surface area contributed by atoms with Crippen molar-refractivity contribution in [1.29, 1.82) is 5.26 Å². The molecule has 0 saturated carbocycles. The largest absolute Gasteiger partial charge is 0.479 e. The standard InChI is InChI=1S/C9H8N2O2/c10-6-9(11,8(12)13)7-4-2-1-3-5-7/h1-5H,11H2,(H,12,13). The van der Waals surface area contributed by atoms with Gasteiger partial charge in [0.2, 0.25) is 5.54 Å². The molecule has 13 heavy (non-hydrogen) atoms. The molecule has 0 aromatic heterocycles. The van der Waals surface area contributed by atoms with Crippen molar-refractivity contribution < 1.29 is 9.90 Å². The van der Waals surface area contributed by atoms with Crippen LogP contribution >= 0.6 is 0 Å². The normalized spacial score (nSPS) is 14.2. The number of hydrogen-bond donors (Lipinski definition) is 2. The average Bonchev–Trinajstić information content (AvgIpc) is 2.17. The lowest BCUT2D eigenvalue weighted by atomic mass is 9.93. The third-order valence-corrected chi connectivity index (χ3v) is 1.74. The van der Waals surface area contributed by atoms with E-state index in [1.807, 2.05) is 0 Å². The molecule has 3 N–H and O–H groups in total. The summed E-state index contributed by atoms with van der Waals surface area (Å²) in [4.78, 5) is 10.7. The number of rotatable bonds is 2. The van der Waals surface area contributed by atoms with Crippen LogP contribution < -0.4 is 5.73 Å². The van der Waals surface area contributed by atoms with Crippen molar-refractivity contribution in [3.63, 3.8) is 0 Å². The number of nitriles is 1. The van der Waals surface area contributed by atoms with Gasteiger partial charge < -0.3 is 10.8 Å². The molecule has 0 spiro atoms. The molecule has 0 aliphatic heterocycles. The molecule has 1 aromatic rings. The van der Waals surface area contributed by atoms with Gasteiger partial charge in [-0.3, -0.25) is 0 Å². The molecule has 66 valence electrons. The van der Waals surface area contributed by atoms with E-state index < -0.39 is 11.5 Å². The van der Waals surface area contributed by atoms with Crippen LogP contribution in [0.1, 0.15) is 5.56 Å². The molecule has 1 unspecified atom stereocenters. The first-order valence-corrected chi connectivity index (χ1v) is 3.60. The summed E-state index contributed by atoms with van der Waals surface area (Å²) in [6.07, 6.45) is 0. The highest BCUT2D eigenvalue weighted by molar-refractivity contribution is 5.84. The van der Waals surface area contributed by atoms with Crippen LogP contribution in [0, 0.1) is 11.3 Å². The summed E-state index contributed by atoms with van der Waals surface area (Å²) >= 11 is 0. The fourth-order valence-electron chi connectivity index (χ4n) is 0.937. The Bertz CT molecular complexity index is 356. The van der Waals surface area contributed by atoms with Crippen molar-refractivity contribution in [2.24, 2.45) is 5.73 Å². The van der Waals surface area contributed by atoms with E-state index in [0.717, 1.165) is 0 Å². The zero-order valence-corrected chi connectivity index (χ0v) is 6.77. The lowest BCUT2D eigenvalue weighted by Gasteiger charge is -2.15. The van der Waals surface area contributed by atoms with Crippen LogP contribution in [0.3, 0.4) is 0 Å². The van der Waals surface area contributed by atoms with Gasteiger partial charge >= 0.3 is 5.97 Å². The van der Waals surface area contributed by atoms with Gasteiger partial charge in [-0.25, -0.2) is 4.79 Å². The number of carbonyl (C=O) groups is 1. The van der Waals surface area contributed by atoms with Gasteiger partial charge in [0, 0.05) is 0 Å². The molecule has 0 bridgehead atoms. The smallest absolute Gasteiger partial charge is 0.343 e. The molecule has 1 aromatic carbocycles. The van der Waals surface area contributed by atoms with E-state index in [4.69, 9.17) is 16.1 Å². The van der Waals surface area contributed by atoms with Crippen LogP contribution in [-0.4, -0.2) is 11.1 Å². The zero-order chi connectivity index (χ0) is 9.90. The van der Waals surface area contributed by atoms with Gasteiger partial charge in [0.25, 0.3) is 0 Å². The van der Waals surface area contributed by atoms with Crippen LogP contribution in [0.15, 0.2) is 30.3 Å². The molecular weight excluding hydrogens is 168 g/mol. The highest BCUT2D eigenvalue weighted by Crippen LogP contribution is 2.16. The summed E-state index contributed by atoms with van der Waals surface area (Å²) in [6, 6.07) is 9.59. The number of nitrogens with zero attached hydrogens (tertiary/aromatic N) is 1. The Labute approximate surface area is 75.2 Å². The Balaban J connectivity index is 3.21. The molecule has 1 rings (SSSR count). The second-order valence-electron chi connectivity index (χ2n) is 2.59. The van der Waals surface area contributed by atoms with Crippen LogP contribution in [-0.2, 0) is 10.3 Å². The van der Waals surface area contributed by atoms with Crippen molar-refractivity contribution in [2.45, 2.75) is 5.54 Å². The number of carboxylic acid groups (broad SMARTS) is 1. The topological polar surface area (TPSA) is 87.1 Å². The lowest BCUT2D eigenvalue weighted by Crippen LogP contribution is -2.43. The van der Waals surface area contributed by atoms with Crippen molar-refractivity contribution in [1.82, 2.24) is 0 Å². The zero-order valence-electron chi connectivity index (χ0n) is 6.77. The van der Waals surface area contributed by atoms with E-state index in [0.29, 0.717) is 0 Å². The third-order valence-electron chi connectivity index (χ3n) is 1.74. The van der Waals surface area contributed by atoms with E-state index in [2.05, 4.69) is 0 Å². The monoisotopic (exact) mass is 176 g/mol. The number of benzene rings is 1. The summed E-state index contributed by atoms with van der Waals surface area (Å²) in [7, 11) is 0. The highest BCUT2D eigenvalue weighted by Gasteiger charge is 2.35. The minimum Gasteiger partial charge on any atom is -0.479 e. The molecular formula is C9H8N2O2. The molecule has 0 aliphatic rings. The Hall–Kier alpha value is -1.86. The maximum atomic E-state index is 10.7. The summed E-state index contributed by atoms with van der Waals surface area (Å²) in [5.41, 5.74) is 3.74. The first-order valence-electron chi connectivity index (χ1n) is 3.60. The highest BCUT2D eigenvalue weighted by atomic mass is 16.4. The lowest BCUT2D eigenvalue weighted by molar-refractivity contribution is -0.141. The first-order chi connectivity index (χ1) is 6.11. The summed E-state index contributed by atoms with van der Waals surface area (Å²) in [5, 5.41) is 17.4. The maximum absolute atomic E-state index is 10.7. The van der Waals surface area contributed by atoms with Crippen LogP contribution in [0.5, 0.6) is 0 Å². The van der Waals surface area contributed by atoms with Crippen molar-refractivity contribution >= 4 is 5.97 Å². The van der Waals surface area contributed by atoms with E-state index in [-0.39, 0.29) is 5.56 Å². The van der Waals surface area contributed by atoms with Crippen LogP contribution in [0.2, 0.25) is 0 Å². The van der Waals surface area contributed by atoms with Gasteiger partial charge in [-0.15, -0.1) is 0 Å². The van der Waals surface area contributed by atoms with Gasteiger partial charge in [-0.05, 0) is 5.56 Å². The molecule has 0 heterocycles. The second-order valence-corrected chi connectivity index (χ2v) is 2.59. The molecule has 4 heteroatoms. The van der Waals surface area contributed by atoms with E-state index in [1.165, 1.54) is 12.1 Å². The van der Waals surface area contributed by atoms with Gasteiger partial charge in [0.1, 0.15) is 6.07 Å². The predicted octanol–water partition coefficient (Wildman–Crippen LogP) is 0.449. The fraction of sp³-hybridized carbons (Fsp3) is 0.111. The van der Waals surface area contributed by atoms with Crippen molar-refractivity contribution in [3.8, 4) is 6.07 Å². The Kier molecular flexibility index (Phi) is 2.31. The van der Waals surface area contributed by atoms with Gasteiger partial charge in [-0.1, -0.05) is 30.3 Å². The predicted molar refractivity (Wildman–Crippen MR) is 45.6 cm³/mol. The Morgan fingerprint density at radius 1 is 1.46 bits per heavy atom. The molecule has 0 amide bonds. The number of hydrogen-bond acceptors (Lipinski definition) is 3. The van der Waals surface area contributed by atoms with E-state index >= 15 is 0 Å². The summed E-state index contributed by atoms with van der Waals surface area (Å²) < 4.78 is 0. The SMILES string of the molecule is N#CC(N)(C(=O)O)c1ccccc1. The van der Waals surface area contributed by atoms with Gasteiger partial charge in [0.15, 0.2) is 0 Å². The van der Waals surface area contributed by atoms with Gasteiger partial charge in [0.05, 0.1) is 0 Å². The number of carboxylic acids is 1. The minimum absolute atomic E-state index is 0.282. The molecule has 0 aliphatic carbocycles. The quantitative estimate of drug-likeness (QED) is 0.684. The third kappa shape index (κ3) is 1.50. The molecule has 0 radical (unpaired) electrons. The van der Waals surface area contributed by atoms with E-state index in [9.17, 15) is 4.79 Å². The van der Waals surface area contributed by atoms with Crippen LogP contribution in [0.25, 0.3) is 0 Å². The Morgan fingerprint density at radius 2 is 2.00 bits per heavy atom. The number of nitrogens with two attached hydrogens (primary N) is 1. The second kappa shape index (κ2) is 3.25. The molecule has 4 nitrogen and oxygen atoms in total. The minimum atomic E-state index is -1.94.